The quantitative estimate of drug-likeness (QED) is 0.286. The summed E-state index contributed by atoms with van der Waals surface area (Å²) in [7, 11) is 0. The van der Waals surface area contributed by atoms with Gasteiger partial charge in [0.1, 0.15) is 30.3 Å². The molecule has 2 rings (SSSR count). The molecule has 0 radical (unpaired) electrons. The zero-order valence-corrected chi connectivity index (χ0v) is 15.9. The third kappa shape index (κ3) is 4.72. The Balaban J connectivity index is 2.24. The second-order valence-electron chi connectivity index (χ2n) is 5.10. The first-order valence-electron chi connectivity index (χ1n) is 6.89. The standard InChI is InChI=1S/C13H13Cl3N2O6S/c1-6(20)23-2-7-3-25-11-8(17-5-19)10(21)18(11)9(7)12(22)24-4-13(14,15)16/h5,8,11H,2-4H2,1H3,(H,17,19)/t8-,11-/m1/s1. The molecule has 0 aromatic heterocycles. The number of β-lactam (4-membered cyclic amide) rings is 1. The second-order valence-corrected chi connectivity index (χ2v) is 8.72. The molecule has 1 fully saturated rings. The van der Waals surface area contributed by atoms with Crippen LogP contribution in [-0.4, -0.2) is 63.3 Å². The van der Waals surface area contributed by atoms with E-state index in [9.17, 15) is 19.2 Å². The topological polar surface area (TPSA) is 102 Å². The Morgan fingerprint density at radius 2 is 2.08 bits per heavy atom. The highest BCUT2D eigenvalue weighted by Crippen LogP contribution is 2.40. The number of alkyl halides is 3. The van der Waals surface area contributed by atoms with Crippen LogP contribution in [0.3, 0.4) is 0 Å². The van der Waals surface area contributed by atoms with Gasteiger partial charge in [0.15, 0.2) is 0 Å². The fraction of sp³-hybridized carbons (Fsp3) is 0.538. The number of amides is 2. The SMILES string of the molecule is CC(=O)OCC1=C(C(=O)OCC(Cl)(Cl)Cl)N2C(=O)[C@@H](NC=O)[C@H]2SC1. The summed E-state index contributed by atoms with van der Waals surface area (Å²) in [6.45, 7) is 0.526. The molecule has 2 amide bonds. The zero-order valence-electron chi connectivity index (χ0n) is 12.8. The largest absolute Gasteiger partial charge is 0.461 e. The molecule has 0 aliphatic carbocycles. The van der Waals surface area contributed by atoms with Crippen molar-refractivity contribution in [3.05, 3.63) is 11.3 Å². The molecule has 8 nitrogen and oxygen atoms in total. The van der Waals surface area contributed by atoms with Crippen LogP contribution in [0, 0.1) is 0 Å². The van der Waals surface area contributed by atoms with E-state index in [2.05, 4.69) is 5.32 Å². The van der Waals surface area contributed by atoms with Crippen LogP contribution in [0.1, 0.15) is 6.92 Å². The third-order valence-corrected chi connectivity index (χ3v) is 4.97. The van der Waals surface area contributed by atoms with Crippen LogP contribution in [-0.2, 0) is 28.7 Å². The predicted octanol–water partition coefficient (Wildman–Crippen LogP) is 0.747. The molecule has 0 unspecified atom stereocenters. The van der Waals surface area contributed by atoms with E-state index in [0.717, 1.165) is 0 Å². The maximum absolute atomic E-state index is 12.4. The lowest BCUT2D eigenvalue weighted by Crippen LogP contribution is -2.69. The van der Waals surface area contributed by atoms with E-state index >= 15 is 0 Å². The van der Waals surface area contributed by atoms with Crippen molar-refractivity contribution in [3.63, 3.8) is 0 Å². The Kier molecular flexibility index (Phi) is 6.47. The molecular formula is C13H13Cl3N2O6S. The van der Waals surface area contributed by atoms with E-state index in [-0.39, 0.29) is 12.3 Å². The summed E-state index contributed by atoms with van der Waals surface area (Å²) in [6, 6.07) is -0.742. The monoisotopic (exact) mass is 430 g/mol. The highest BCUT2D eigenvalue weighted by Gasteiger charge is 2.54. The molecule has 0 saturated carbocycles. The van der Waals surface area contributed by atoms with E-state index in [1.165, 1.54) is 23.6 Å². The summed E-state index contributed by atoms with van der Waals surface area (Å²) in [5.74, 6) is -1.59. The number of halogens is 3. The van der Waals surface area contributed by atoms with Crippen molar-refractivity contribution < 1.29 is 28.7 Å². The summed E-state index contributed by atoms with van der Waals surface area (Å²) >= 11 is 18.0. The lowest BCUT2D eigenvalue weighted by Gasteiger charge is -2.49. The molecule has 2 aliphatic rings. The van der Waals surface area contributed by atoms with E-state index in [1.54, 1.807) is 0 Å². The number of hydrogen-bond acceptors (Lipinski definition) is 7. The number of carbonyl (C=O) groups is 4. The van der Waals surface area contributed by atoms with Gasteiger partial charge in [-0.25, -0.2) is 4.79 Å². The van der Waals surface area contributed by atoms with Crippen molar-refractivity contribution in [2.75, 3.05) is 19.0 Å². The molecular weight excluding hydrogens is 419 g/mol. The van der Waals surface area contributed by atoms with Gasteiger partial charge in [0.2, 0.25) is 10.2 Å². The summed E-state index contributed by atoms with van der Waals surface area (Å²) < 4.78 is 8.06. The first-order chi connectivity index (χ1) is 11.7. The van der Waals surface area contributed by atoms with Crippen LogP contribution in [0.15, 0.2) is 11.3 Å². The molecule has 1 saturated heterocycles. The number of nitrogens with zero attached hydrogens (tertiary/aromatic N) is 1. The van der Waals surface area contributed by atoms with Gasteiger partial charge in [-0.05, 0) is 0 Å². The molecule has 0 spiro atoms. The molecule has 0 aromatic rings. The fourth-order valence-electron chi connectivity index (χ4n) is 2.28. The van der Waals surface area contributed by atoms with Gasteiger partial charge < -0.3 is 14.8 Å². The normalized spacial score (nSPS) is 22.7. The van der Waals surface area contributed by atoms with Gasteiger partial charge in [-0.15, -0.1) is 11.8 Å². The van der Waals surface area contributed by atoms with Gasteiger partial charge in [-0.1, -0.05) is 34.8 Å². The Hall–Kier alpha value is -1.16. The van der Waals surface area contributed by atoms with Gasteiger partial charge in [0.05, 0.1) is 0 Å². The maximum atomic E-state index is 12.4. The van der Waals surface area contributed by atoms with E-state index in [4.69, 9.17) is 44.3 Å². The second kappa shape index (κ2) is 8.03. The predicted molar refractivity (Wildman–Crippen MR) is 91.0 cm³/mol. The van der Waals surface area contributed by atoms with Crippen LogP contribution in [0.5, 0.6) is 0 Å². The highest BCUT2D eigenvalue weighted by atomic mass is 35.6. The van der Waals surface area contributed by atoms with Crippen molar-refractivity contribution in [3.8, 4) is 0 Å². The van der Waals surface area contributed by atoms with Crippen LogP contribution in [0.25, 0.3) is 0 Å². The zero-order chi connectivity index (χ0) is 18.8. The summed E-state index contributed by atoms with van der Waals surface area (Å²) in [5, 5.41) is 1.93. The minimum absolute atomic E-state index is 0.0619. The first-order valence-corrected chi connectivity index (χ1v) is 9.07. The lowest BCUT2D eigenvalue weighted by molar-refractivity contribution is -0.152. The van der Waals surface area contributed by atoms with Gasteiger partial charge in [0, 0.05) is 18.2 Å². The summed E-state index contributed by atoms with van der Waals surface area (Å²) in [5.41, 5.74) is 0.330. The van der Waals surface area contributed by atoms with Crippen molar-refractivity contribution >= 4 is 70.8 Å². The fourth-order valence-corrected chi connectivity index (χ4v) is 3.78. The van der Waals surface area contributed by atoms with Crippen LogP contribution < -0.4 is 5.32 Å². The number of nitrogens with one attached hydrogen (secondary N) is 1. The Morgan fingerprint density at radius 3 is 2.64 bits per heavy atom. The third-order valence-electron chi connectivity index (χ3n) is 3.30. The van der Waals surface area contributed by atoms with Crippen LogP contribution >= 0.6 is 46.6 Å². The van der Waals surface area contributed by atoms with E-state index < -0.39 is 39.7 Å². The number of esters is 2. The highest BCUT2D eigenvalue weighted by molar-refractivity contribution is 8.00. The minimum Gasteiger partial charge on any atom is -0.461 e. The van der Waals surface area contributed by atoms with Crippen molar-refractivity contribution in [1.29, 1.82) is 0 Å². The number of rotatable bonds is 6. The Labute approximate surface area is 162 Å². The van der Waals surface area contributed by atoms with Gasteiger partial charge >= 0.3 is 11.9 Å². The van der Waals surface area contributed by atoms with Crippen LogP contribution in [0.4, 0.5) is 0 Å². The molecule has 2 atom stereocenters. The molecule has 0 bridgehead atoms. The van der Waals surface area contributed by atoms with Gasteiger partial charge in [0.25, 0.3) is 5.91 Å². The smallest absolute Gasteiger partial charge is 0.355 e. The molecule has 1 N–H and O–H groups in total. The Morgan fingerprint density at radius 1 is 1.40 bits per heavy atom. The Bertz CT molecular complexity index is 636. The van der Waals surface area contributed by atoms with E-state index in [0.29, 0.717) is 17.7 Å². The summed E-state index contributed by atoms with van der Waals surface area (Å²) in [4.78, 5) is 47.5. The molecule has 2 heterocycles. The van der Waals surface area contributed by atoms with Crippen molar-refractivity contribution in [2.45, 2.75) is 22.1 Å². The molecule has 12 heteroatoms. The first kappa shape index (κ1) is 20.2. The minimum atomic E-state index is -1.81. The number of ether oxygens (including phenoxy) is 2. The molecule has 25 heavy (non-hydrogen) atoms. The van der Waals surface area contributed by atoms with Crippen molar-refractivity contribution in [2.24, 2.45) is 0 Å². The van der Waals surface area contributed by atoms with Crippen molar-refractivity contribution in [1.82, 2.24) is 10.2 Å². The number of hydrogen-bond donors (Lipinski definition) is 1. The number of fused-ring (bicyclic) bond motifs is 1. The van der Waals surface area contributed by atoms with Gasteiger partial charge in [-0.3, -0.25) is 19.3 Å². The van der Waals surface area contributed by atoms with Gasteiger partial charge in [-0.2, -0.15) is 0 Å². The van der Waals surface area contributed by atoms with Crippen LogP contribution in [0.2, 0.25) is 0 Å². The average molecular weight is 432 g/mol. The van der Waals surface area contributed by atoms with E-state index in [1.807, 2.05) is 0 Å². The molecule has 138 valence electrons. The molecule has 0 aromatic carbocycles. The lowest BCUT2D eigenvalue weighted by atomic mass is 10.0. The number of thioether (sulfide) groups is 1. The summed E-state index contributed by atoms with van der Waals surface area (Å²) in [6.07, 6.45) is 0.416. The maximum Gasteiger partial charge on any atom is 0.355 e. The number of carbonyl (C=O) groups excluding carboxylic acids is 4. The average Bonchev–Trinajstić information content (AvgIpc) is 2.53. The molecule has 2 aliphatic heterocycles.